The third kappa shape index (κ3) is 4.40. The summed E-state index contributed by atoms with van der Waals surface area (Å²) in [6.07, 6.45) is 0. The standard InChI is InChI=1S/C22H22N4O2/c1-13-6-5-7-19(15(13)3)25-21(28)20-12-14(2)23-22(26-20)24-18-10-8-17(9-11-18)16(4)27/h5-12H,1-4H3,(H,25,28)(H,23,24,26). The summed E-state index contributed by atoms with van der Waals surface area (Å²) < 4.78 is 0. The summed E-state index contributed by atoms with van der Waals surface area (Å²) >= 11 is 0. The second kappa shape index (κ2) is 8.00. The van der Waals surface area contributed by atoms with Gasteiger partial charge in [0.2, 0.25) is 5.95 Å². The molecular formula is C22H22N4O2. The van der Waals surface area contributed by atoms with Gasteiger partial charge in [0, 0.05) is 22.6 Å². The Balaban J connectivity index is 1.81. The number of carbonyl (C=O) groups excluding carboxylic acids is 2. The van der Waals surface area contributed by atoms with Crippen LogP contribution in [0.4, 0.5) is 17.3 Å². The number of benzene rings is 2. The largest absolute Gasteiger partial charge is 0.324 e. The van der Waals surface area contributed by atoms with E-state index in [1.54, 1.807) is 37.3 Å². The predicted octanol–water partition coefficient (Wildman–Crippen LogP) is 4.60. The molecule has 28 heavy (non-hydrogen) atoms. The van der Waals surface area contributed by atoms with Crippen molar-refractivity contribution in [3.05, 3.63) is 76.6 Å². The Hall–Kier alpha value is -3.54. The Kier molecular flexibility index (Phi) is 5.49. The number of hydrogen-bond donors (Lipinski definition) is 2. The lowest BCUT2D eigenvalue weighted by atomic mass is 10.1. The molecule has 2 N–H and O–H groups in total. The van der Waals surface area contributed by atoms with Gasteiger partial charge in [-0.25, -0.2) is 9.97 Å². The molecule has 0 aliphatic heterocycles. The summed E-state index contributed by atoms with van der Waals surface area (Å²) in [6.45, 7) is 7.29. The van der Waals surface area contributed by atoms with Crippen LogP contribution in [-0.4, -0.2) is 21.7 Å². The zero-order valence-electron chi connectivity index (χ0n) is 16.3. The first-order valence-electron chi connectivity index (χ1n) is 8.95. The molecule has 1 amide bonds. The Morgan fingerprint density at radius 2 is 1.64 bits per heavy atom. The quantitative estimate of drug-likeness (QED) is 0.638. The molecule has 0 spiro atoms. The maximum atomic E-state index is 12.7. The van der Waals surface area contributed by atoms with Gasteiger partial charge in [-0.1, -0.05) is 12.1 Å². The highest BCUT2D eigenvalue weighted by Gasteiger charge is 2.13. The van der Waals surface area contributed by atoms with Crippen molar-refractivity contribution in [2.45, 2.75) is 27.7 Å². The number of nitrogens with one attached hydrogen (secondary N) is 2. The second-order valence-electron chi connectivity index (χ2n) is 6.68. The van der Waals surface area contributed by atoms with Crippen molar-refractivity contribution in [3.63, 3.8) is 0 Å². The molecule has 1 aromatic heterocycles. The van der Waals surface area contributed by atoms with E-state index < -0.39 is 0 Å². The first-order chi connectivity index (χ1) is 13.3. The van der Waals surface area contributed by atoms with Crippen molar-refractivity contribution in [1.29, 1.82) is 0 Å². The van der Waals surface area contributed by atoms with Gasteiger partial charge in [0.1, 0.15) is 5.69 Å². The minimum Gasteiger partial charge on any atom is -0.324 e. The third-order valence-electron chi connectivity index (χ3n) is 4.49. The zero-order valence-corrected chi connectivity index (χ0v) is 16.3. The van der Waals surface area contributed by atoms with Crippen LogP contribution < -0.4 is 10.6 Å². The van der Waals surface area contributed by atoms with Crippen LogP contribution in [0.5, 0.6) is 0 Å². The molecule has 6 nitrogen and oxygen atoms in total. The summed E-state index contributed by atoms with van der Waals surface area (Å²) in [4.78, 5) is 32.7. The van der Waals surface area contributed by atoms with E-state index in [0.29, 0.717) is 17.2 Å². The molecule has 0 bridgehead atoms. The van der Waals surface area contributed by atoms with Crippen molar-refractivity contribution in [2.24, 2.45) is 0 Å². The molecule has 0 unspecified atom stereocenters. The van der Waals surface area contributed by atoms with Gasteiger partial charge in [0.15, 0.2) is 5.78 Å². The third-order valence-corrected chi connectivity index (χ3v) is 4.49. The molecule has 0 radical (unpaired) electrons. The minimum absolute atomic E-state index is 0.00348. The predicted molar refractivity (Wildman–Crippen MR) is 110 cm³/mol. The van der Waals surface area contributed by atoms with Crippen LogP contribution in [0.2, 0.25) is 0 Å². The van der Waals surface area contributed by atoms with Gasteiger partial charge >= 0.3 is 0 Å². The summed E-state index contributed by atoms with van der Waals surface area (Å²) in [5, 5.41) is 5.99. The van der Waals surface area contributed by atoms with E-state index in [-0.39, 0.29) is 17.4 Å². The molecular weight excluding hydrogens is 352 g/mol. The normalized spacial score (nSPS) is 10.4. The summed E-state index contributed by atoms with van der Waals surface area (Å²) in [5.41, 5.74) is 5.19. The van der Waals surface area contributed by atoms with Crippen molar-refractivity contribution in [3.8, 4) is 0 Å². The Morgan fingerprint density at radius 1 is 0.929 bits per heavy atom. The molecule has 0 saturated heterocycles. The van der Waals surface area contributed by atoms with Gasteiger partial charge in [0.25, 0.3) is 5.91 Å². The van der Waals surface area contributed by atoms with Gasteiger partial charge in [-0.2, -0.15) is 0 Å². The molecule has 0 aliphatic carbocycles. The van der Waals surface area contributed by atoms with E-state index in [2.05, 4.69) is 20.6 Å². The fourth-order valence-corrected chi connectivity index (χ4v) is 2.73. The molecule has 0 aliphatic rings. The number of anilines is 3. The molecule has 6 heteroatoms. The van der Waals surface area contributed by atoms with Crippen molar-refractivity contribution in [2.75, 3.05) is 10.6 Å². The van der Waals surface area contributed by atoms with E-state index >= 15 is 0 Å². The molecule has 1 heterocycles. The number of rotatable bonds is 5. The summed E-state index contributed by atoms with van der Waals surface area (Å²) in [5.74, 6) is 0.0274. The van der Waals surface area contributed by atoms with Crippen LogP contribution in [0.15, 0.2) is 48.5 Å². The number of hydrogen-bond acceptors (Lipinski definition) is 5. The first kappa shape index (κ1) is 19.2. The highest BCUT2D eigenvalue weighted by molar-refractivity contribution is 6.03. The maximum absolute atomic E-state index is 12.7. The van der Waals surface area contributed by atoms with Crippen LogP contribution in [0, 0.1) is 20.8 Å². The van der Waals surface area contributed by atoms with Gasteiger partial charge in [-0.15, -0.1) is 0 Å². The van der Waals surface area contributed by atoms with Crippen LogP contribution in [0.25, 0.3) is 0 Å². The molecule has 3 aromatic rings. The number of aryl methyl sites for hydroxylation is 2. The van der Waals surface area contributed by atoms with Gasteiger partial charge in [-0.05, 0) is 75.2 Å². The summed E-state index contributed by atoms with van der Waals surface area (Å²) in [7, 11) is 0. The molecule has 142 valence electrons. The Bertz CT molecular complexity index is 1040. The van der Waals surface area contributed by atoms with Crippen molar-refractivity contribution < 1.29 is 9.59 Å². The van der Waals surface area contributed by atoms with Crippen LogP contribution in [0.1, 0.15) is 44.6 Å². The molecule has 0 atom stereocenters. The number of amides is 1. The van der Waals surface area contributed by atoms with E-state index in [4.69, 9.17) is 0 Å². The van der Waals surface area contributed by atoms with Crippen molar-refractivity contribution in [1.82, 2.24) is 9.97 Å². The fraction of sp³-hybridized carbons (Fsp3) is 0.182. The highest BCUT2D eigenvalue weighted by Crippen LogP contribution is 2.20. The SMILES string of the molecule is CC(=O)c1ccc(Nc2nc(C)cc(C(=O)Nc3cccc(C)c3C)n2)cc1. The Labute approximate surface area is 164 Å². The zero-order chi connectivity index (χ0) is 20.3. The lowest BCUT2D eigenvalue weighted by molar-refractivity contribution is 0.101. The smallest absolute Gasteiger partial charge is 0.274 e. The minimum atomic E-state index is -0.297. The second-order valence-corrected chi connectivity index (χ2v) is 6.68. The molecule has 0 fully saturated rings. The fourth-order valence-electron chi connectivity index (χ4n) is 2.73. The molecule has 3 rings (SSSR count). The average Bonchev–Trinajstić information content (AvgIpc) is 2.65. The van der Waals surface area contributed by atoms with Crippen LogP contribution in [-0.2, 0) is 0 Å². The number of Topliss-reactive ketones (excluding diaryl/α,β-unsaturated/α-hetero) is 1. The van der Waals surface area contributed by atoms with E-state index in [0.717, 1.165) is 22.5 Å². The lowest BCUT2D eigenvalue weighted by Gasteiger charge is -2.11. The number of nitrogens with zero attached hydrogens (tertiary/aromatic N) is 2. The number of carbonyl (C=O) groups is 2. The average molecular weight is 374 g/mol. The first-order valence-corrected chi connectivity index (χ1v) is 8.95. The van der Waals surface area contributed by atoms with E-state index in [1.807, 2.05) is 32.0 Å². The molecule has 2 aromatic carbocycles. The maximum Gasteiger partial charge on any atom is 0.274 e. The highest BCUT2D eigenvalue weighted by atomic mass is 16.2. The number of ketones is 1. The van der Waals surface area contributed by atoms with E-state index in [1.165, 1.54) is 6.92 Å². The van der Waals surface area contributed by atoms with Crippen molar-refractivity contribution >= 4 is 29.0 Å². The topological polar surface area (TPSA) is 84.0 Å². The van der Waals surface area contributed by atoms with Gasteiger partial charge in [-0.3, -0.25) is 9.59 Å². The lowest BCUT2D eigenvalue weighted by Crippen LogP contribution is -2.16. The number of aromatic nitrogens is 2. The van der Waals surface area contributed by atoms with Gasteiger partial charge < -0.3 is 10.6 Å². The van der Waals surface area contributed by atoms with Crippen LogP contribution >= 0.6 is 0 Å². The Morgan fingerprint density at radius 3 is 2.32 bits per heavy atom. The van der Waals surface area contributed by atoms with Crippen LogP contribution in [0.3, 0.4) is 0 Å². The summed E-state index contributed by atoms with van der Waals surface area (Å²) in [6, 6.07) is 14.4. The molecule has 0 saturated carbocycles. The van der Waals surface area contributed by atoms with E-state index in [9.17, 15) is 9.59 Å². The van der Waals surface area contributed by atoms with Gasteiger partial charge in [0.05, 0.1) is 0 Å². The monoisotopic (exact) mass is 374 g/mol.